The average molecular weight is 272 g/mol. The van der Waals surface area contributed by atoms with Gasteiger partial charge in [-0.3, -0.25) is 4.79 Å². The summed E-state index contributed by atoms with van der Waals surface area (Å²) < 4.78 is 23.6. The minimum absolute atomic E-state index is 0.169. The van der Waals surface area contributed by atoms with Crippen molar-refractivity contribution in [1.29, 1.82) is 5.26 Å². The van der Waals surface area contributed by atoms with E-state index in [-0.39, 0.29) is 17.4 Å². The van der Waals surface area contributed by atoms with E-state index in [2.05, 4.69) is 9.72 Å². The number of pyridine rings is 1. The molecule has 1 heterocycles. The molecule has 100 valence electrons. The van der Waals surface area contributed by atoms with Gasteiger partial charge in [0.05, 0.1) is 5.56 Å². The van der Waals surface area contributed by atoms with Crippen LogP contribution in [0.15, 0.2) is 36.5 Å². The molecule has 20 heavy (non-hydrogen) atoms. The number of esters is 1. The highest BCUT2D eigenvalue weighted by Gasteiger charge is 2.08. The largest absolute Gasteiger partial charge is 0.439 e. The van der Waals surface area contributed by atoms with Gasteiger partial charge in [-0.15, -0.1) is 0 Å². The summed E-state index contributed by atoms with van der Waals surface area (Å²) in [6.07, 6.45) is 1.35. The Morgan fingerprint density at radius 2 is 2.15 bits per heavy atom. The number of nitrogens with zero attached hydrogens (tertiary/aromatic N) is 2. The van der Waals surface area contributed by atoms with Crippen LogP contribution >= 0.6 is 0 Å². The molecule has 0 radical (unpaired) electrons. The Hall–Kier alpha value is -2.94. The lowest BCUT2D eigenvalue weighted by Crippen LogP contribution is -2.03. The van der Waals surface area contributed by atoms with Crippen LogP contribution in [0.4, 0.5) is 4.39 Å². The van der Waals surface area contributed by atoms with Crippen LogP contribution in [-0.2, 0) is 4.79 Å². The number of halogens is 1. The topological polar surface area (TPSA) is 72.2 Å². The molecule has 0 N–H and O–H groups in total. The summed E-state index contributed by atoms with van der Waals surface area (Å²) in [6.45, 7) is 1.19. The third-order valence-electron chi connectivity index (χ3n) is 2.24. The van der Waals surface area contributed by atoms with E-state index in [1.165, 1.54) is 37.4 Å². The number of carbonyl (C=O) groups excluding carboxylic acids is 1. The van der Waals surface area contributed by atoms with Crippen LogP contribution in [0.1, 0.15) is 12.5 Å². The van der Waals surface area contributed by atoms with E-state index in [1.54, 1.807) is 0 Å². The quantitative estimate of drug-likeness (QED) is 0.634. The number of nitriles is 1. The van der Waals surface area contributed by atoms with Gasteiger partial charge in [0.1, 0.15) is 11.8 Å². The third kappa shape index (κ3) is 3.29. The highest BCUT2D eigenvalue weighted by atomic mass is 19.1. The first-order valence-electron chi connectivity index (χ1n) is 5.60. The van der Waals surface area contributed by atoms with Gasteiger partial charge < -0.3 is 9.47 Å². The summed E-state index contributed by atoms with van der Waals surface area (Å²) >= 11 is 0. The van der Waals surface area contributed by atoms with E-state index >= 15 is 0 Å². The molecule has 0 saturated carbocycles. The lowest BCUT2D eigenvalue weighted by atomic mass is 10.3. The van der Waals surface area contributed by atoms with Crippen molar-refractivity contribution in [2.75, 3.05) is 0 Å². The van der Waals surface area contributed by atoms with Crippen molar-refractivity contribution in [2.45, 2.75) is 6.92 Å². The molecule has 1 aromatic carbocycles. The van der Waals surface area contributed by atoms with Crippen molar-refractivity contribution in [3.05, 3.63) is 47.9 Å². The van der Waals surface area contributed by atoms with E-state index in [0.717, 1.165) is 6.07 Å². The van der Waals surface area contributed by atoms with Crippen molar-refractivity contribution < 1.29 is 18.7 Å². The Morgan fingerprint density at radius 1 is 1.35 bits per heavy atom. The van der Waals surface area contributed by atoms with E-state index < -0.39 is 11.8 Å². The fraction of sp³-hybridized carbons (Fsp3) is 0.0714. The first-order valence-corrected chi connectivity index (χ1v) is 5.60. The molecule has 0 aliphatic carbocycles. The van der Waals surface area contributed by atoms with Gasteiger partial charge in [0.2, 0.25) is 5.88 Å². The summed E-state index contributed by atoms with van der Waals surface area (Å²) in [5.41, 5.74) is 0.397. The van der Waals surface area contributed by atoms with E-state index in [1.807, 2.05) is 6.07 Å². The highest BCUT2D eigenvalue weighted by Crippen LogP contribution is 2.26. The molecule has 0 amide bonds. The number of hydrogen-bond acceptors (Lipinski definition) is 5. The normalized spacial score (nSPS) is 9.65. The molecule has 1 aromatic heterocycles. The maximum Gasteiger partial charge on any atom is 0.308 e. The van der Waals surface area contributed by atoms with Crippen LogP contribution in [0.2, 0.25) is 0 Å². The summed E-state index contributed by atoms with van der Waals surface area (Å²) in [7, 11) is 0. The summed E-state index contributed by atoms with van der Waals surface area (Å²) in [4.78, 5) is 14.6. The predicted molar refractivity (Wildman–Crippen MR) is 66.7 cm³/mol. The Bertz CT molecular complexity index is 678. The third-order valence-corrected chi connectivity index (χ3v) is 2.24. The second kappa shape index (κ2) is 5.80. The molecule has 0 aliphatic heterocycles. The Labute approximate surface area is 114 Å². The molecule has 0 unspecified atom stereocenters. The maximum absolute atomic E-state index is 13.6. The van der Waals surface area contributed by atoms with Crippen molar-refractivity contribution in [3.8, 4) is 23.4 Å². The number of hydrogen-bond donors (Lipinski definition) is 0. The van der Waals surface area contributed by atoms with Crippen LogP contribution in [0.5, 0.6) is 17.4 Å². The van der Waals surface area contributed by atoms with Crippen molar-refractivity contribution in [1.82, 2.24) is 4.98 Å². The van der Waals surface area contributed by atoms with Gasteiger partial charge in [-0.05, 0) is 18.2 Å². The number of ether oxygens (including phenoxy) is 2. The molecule has 0 bridgehead atoms. The lowest BCUT2D eigenvalue weighted by Gasteiger charge is -2.07. The van der Waals surface area contributed by atoms with E-state index in [4.69, 9.17) is 10.00 Å². The molecule has 0 aliphatic rings. The summed E-state index contributed by atoms with van der Waals surface area (Å²) in [6, 6.07) is 8.77. The zero-order valence-electron chi connectivity index (χ0n) is 10.5. The van der Waals surface area contributed by atoms with Gasteiger partial charge in [0, 0.05) is 25.3 Å². The second-order valence-corrected chi connectivity index (χ2v) is 3.78. The summed E-state index contributed by atoms with van der Waals surface area (Å²) in [5.74, 6) is -1.06. The fourth-order valence-corrected chi connectivity index (χ4v) is 1.41. The first kappa shape index (κ1) is 13.5. The number of benzene rings is 1. The number of carbonyl (C=O) groups is 1. The fourth-order valence-electron chi connectivity index (χ4n) is 1.41. The van der Waals surface area contributed by atoms with Gasteiger partial charge in [0.15, 0.2) is 11.6 Å². The Kier molecular flexibility index (Phi) is 3.91. The smallest absolute Gasteiger partial charge is 0.308 e. The Morgan fingerprint density at radius 3 is 2.70 bits per heavy atom. The van der Waals surface area contributed by atoms with Crippen LogP contribution in [0.25, 0.3) is 0 Å². The van der Waals surface area contributed by atoms with Crippen molar-refractivity contribution in [2.24, 2.45) is 0 Å². The minimum Gasteiger partial charge on any atom is -0.439 e. The van der Waals surface area contributed by atoms with Crippen LogP contribution in [-0.4, -0.2) is 11.0 Å². The second-order valence-electron chi connectivity index (χ2n) is 3.78. The molecule has 5 nitrogen and oxygen atoms in total. The minimum atomic E-state index is -0.716. The molecule has 2 rings (SSSR count). The predicted octanol–water partition coefficient (Wildman–Crippen LogP) is 2.81. The van der Waals surface area contributed by atoms with Gasteiger partial charge >= 0.3 is 5.97 Å². The van der Waals surface area contributed by atoms with Crippen LogP contribution in [0, 0.1) is 17.1 Å². The average Bonchev–Trinajstić information content (AvgIpc) is 2.42. The number of aromatic nitrogens is 1. The van der Waals surface area contributed by atoms with E-state index in [0.29, 0.717) is 5.56 Å². The zero-order valence-corrected chi connectivity index (χ0v) is 10.5. The maximum atomic E-state index is 13.6. The van der Waals surface area contributed by atoms with Gasteiger partial charge in [0.25, 0.3) is 0 Å². The molecular formula is C14H9FN2O3. The summed E-state index contributed by atoms with van der Waals surface area (Å²) in [5, 5.41) is 8.64. The molecule has 2 aromatic rings. The van der Waals surface area contributed by atoms with Crippen LogP contribution in [0.3, 0.4) is 0 Å². The van der Waals surface area contributed by atoms with E-state index in [9.17, 15) is 9.18 Å². The lowest BCUT2D eigenvalue weighted by molar-refractivity contribution is -0.132. The Balaban J connectivity index is 2.15. The van der Waals surface area contributed by atoms with Crippen LogP contribution < -0.4 is 9.47 Å². The number of rotatable bonds is 3. The molecule has 0 atom stereocenters. The van der Waals surface area contributed by atoms with Gasteiger partial charge in [-0.1, -0.05) is 0 Å². The van der Waals surface area contributed by atoms with Gasteiger partial charge in [-0.2, -0.15) is 5.26 Å². The SMILES string of the molecule is CC(=O)Oc1ccc(Oc2ccc(C#N)cn2)cc1F. The molecule has 0 fully saturated rings. The highest BCUT2D eigenvalue weighted by molar-refractivity contribution is 5.69. The molecule has 0 saturated heterocycles. The standard InChI is InChI=1S/C14H9FN2O3/c1-9(18)19-13-4-3-11(6-12(13)15)20-14-5-2-10(7-16)8-17-14/h2-6,8H,1H3. The zero-order chi connectivity index (χ0) is 14.5. The van der Waals surface area contributed by atoms with Crippen molar-refractivity contribution >= 4 is 5.97 Å². The molecular weight excluding hydrogens is 263 g/mol. The first-order chi connectivity index (χ1) is 9.58. The van der Waals surface area contributed by atoms with Gasteiger partial charge in [-0.25, -0.2) is 9.37 Å². The molecule has 0 spiro atoms. The monoisotopic (exact) mass is 272 g/mol. The molecule has 6 heteroatoms. The van der Waals surface area contributed by atoms with Crippen molar-refractivity contribution in [3.63, 3.8) is 0 Å².